The maximum atomic E-state index is 12.5. The monoisotopic (exact) mass is 440 g/mol. The number of aliphatic hydroxyl groups is 3. The van der Waals surface area contributed by atoms with Crippen LogP contribution in [0, 0.1) is 11.3 Å². The van der Waals surface area contributed by atoms with E-state index < -0.39 is 23.9 Å². The van der Waals surface area contributed by atoms with E-state index in [-0.39, 0.29) is 11.3 Å². The van der Waals surface area contributed by atoms with Crippen LogP contribution in [0.3, 0.4) is 0 Å². The second-order valence-electron chi connectivity index (χ2n) is 7.82. The van der Waals surface area contributed by atoms with Crippen molar-refractivity contribution in [2.24, 2.45) is 0 Å². The Kier molecular flexibility index (Phi) is 8.10. The van der Waals surface area contributed by atoms with Gasteiger partial charge in [-0.05, 0) is 66.3 Å². The lowest BCUT2D eigenvalue weighted by Crippen LogP contribution is -2.31. The number of carbonyl (C=O) groups is 1. The van der Waals surface area contributed by atoms with Gasteiger partial charge in [-0.1, -0.05) is 30.0 Å². The van der Waals surface area contributed by atoms with Gasteiger partial charge in [0.15, 0.2) is 0 Å². The maximum Gasteiger partial charge on any atom is 0.230 e. The van der Waals surface area contributed by atoms with Crippen LogP contribution in [0.1, 0.15) is 31.7 Å². The first kappa shape index (κ1) is 23.3. The molecule has 2 unspecified atom stereocenters. The van der Waals surface area contributed by atoms with E-state index in [0.717, 1.165) is 41.2 Å². The highest BCUT2D eigenvalue weighted by Crippen LogP contribution is 2.29. The summed E-state index contributed by atoms with van der Waals surface area (Å²) in [7, 11) is 0. The molecule has 164 valence electrons. The van der Waals surface area contributed by atoms with E-state index in [2.05, 4.69) is 23.1 Å². The Balaban J connectivity index is 1.80. The third kappa shape index (κ3) is 5.66. The van der Waals surface area contributed by atoms with Gasteiger partial charge in [-0.3, -0.25) is 4.79 Å². The number of aliphatic hydroxyl groups excluding tert-OH is 3. The van der Waals surface area contributed by atoms with Crippen LogP contribution in [-0.4, -0.2) is 58.1 Å². The first-order valence-electron chi connectivity index (χ1n) is 10.5. The van der Waals surface area contributed by atoms with Gasteiger partial charge in [-0.15, -0.1) is 0 Å². The zero-order valence-electron chi connectivity index (χ0n) is 17.6. The van der Waals surface area contributed by atoms with Crippen LogP contribution in [0.25, 0.3) is 16.3 Å². The van der Waals surface area contributed by atoms with Crippen molar-refractivity contribution >= 4 is 38.9 Å². The predicted molar refractivity (Wildman–Crippen MR) is 125 cm³/mol. The van der Waals surface area contributed by atoms with Gasteiger partial charge in [0.2, 0.25) is 5.12 Å². The molecule has 31 heavy (non-hydrogen) atoms. The highest BCUT2D eigenvalue weighted by molar-refractivity contribution is 8.14. The minimum Gasteiger partial charge on any atom is -0.394 e. The number of piperidine rings is 1. The molecule has 1 aliphatic heterocycles. The van der Waals surface area contributed by atoms with Crippen LogP contribution in [0.4, 0.5) is 5.69 Å². The molecule has 0 aliphatic carbocycles. The van der Waals surface area contributed by atoms with Crippen molar-refractivity contribution in [2.45, 2.75) is 38.4 Å². The van der Waals surface area contributed by atoms with Gasteiger partial charge in [0.25, 0.3) is 0 Å². The Morgan fingerprint density at radius 2 is 1.77 bits per heavy atom. The molecule has 1 saturated heterocycles. The molecule has 1 heterocycles. The lowest BCUT2D eigenvalue weighted by molar-refractivity contribution is -0.107. The largest absolute Gasteiger partial charge is 0.394 e. The number of nitriles is 1. The van der Waals surface area contributed by atoms with E-state index in [9.17, 15) is 20.3 Å². The Hall–Kier alpha value is -2.37. The highest BCUT2D eigenvalue weighted by Gasteiger charge is 2.20. The van der Waals surface area contributed by atoms with Gasteiger partial charge in [-0.25, -0.2) is 0 Å². The summed E-state index contributed by atoms with van der Waals surface area (Å²) < 4.78 is 0. The molecule has 7 heteroatoms. The first-order valence-corrected chi connectivity index (χ1v) is 11.5. The van der Waals surface area contributed by atoms with Gasteiger partial charge in [0, 0.05) is 24.5 Å². The van der Waals surface area contributed by atoms with Gasteiger partial charge < -0.3 is 20.2 Å². The van der Waals surface area contributed by atoms with Crippen LogP contribution in [-0.2, 0) is 4.79 Å². The maximum absolute atomic E-state index is 12.5. The number of allylic oxidation sites excluding steroid dienone is 1. The van der Waals surface area contributed by atoms with Crippen molar-refractivity contribution < 1.29 is 20.1 Å². The summed E-state index contributed by atoms with van der Waals surface area (Å²) in [5, 5.41) is 39.2. The molecule has 3 rings (SSSR count). The van der Waals surface area contributed by atoms with Gasteiger partial charge in [0.1, 0.15) is 17.7 Å². The first-order chi connectivity index (χ1) is 14.9. The fraction of sp³-hybridized carbons (Fsp3) is 0.417. The Morgan fingerprint density at radius 1 is 1.10 bits per heavy atom. The molecule has 2 aromatic carbocycles. The quantitative estimate of drug-likeness (QED) is 0.449. The standard InChI is InChI=1S/C24H28N2O4S/c1-16(21(13-25)24(30)31-15-23(29)22(28)14-27)17-5-6-19-12-20(8-7-18(19)11-17)26-9-3-2-4-10-26/h5-8,11-12,22-23,27-29H,2-4,9-10,14-15H2,1H3/b21-16+. The van der Waals surface area contributed by atoms with Crippen LogP contribution >= 0.6 is 11.8 Å². The van der Waals surface area contributed by atoms with E-state index in [1.54, 1.807) is 6.92 Å². The van der Waals surface area contributed by atoms with Crippen LogP contribution in [0.15, 0.2) is 42.0 Å². The predicted octanol–water partition coefficient (Wildman–Crippen LogP) is 3.10. The average Bonchev–Trinajstić information content (AvgIpc) is 2.82. The van der Waals surface area contributed by atoms with Crippen molar-refractivity contribution in [2.75, 3.05) is 30.3 Å². The number of anilines is 1. The summed E-state index contributed by atoms with van der Waals surface area (Å²) in [6.07, 6.45) is 1.18. The van der Waals surface area contributed by atoms with Crippen molar-refractivity contribution in [3.63, 3.8) is 0 Å². The summed E-state index contributed by atoms with van der Waals surface area (Å²) in [5.41, 5.74) is 2.60. The van der Waals surface area contributed by atoms with Gasteiger partial charge in [0.05, 0.1) is 12.7 Å². The molecular weight excluding hydrogens is 412 g/mol. The number of nitrogens with zero attached hydrogens (tertiary/aromatic N) is 2. The third-order valence-corrected chi connectivity index (χ3v) is 6.66. The summed E-state index contributed by atoms with van der Waals surface area (Å²) in [5.74, 6) is -0.101. The minimum absolute atomic E-state index is 0.0139. The molecule has 0 amide bonds. The van der Waals surface area contributed by atoms with E-state index in [1.807, 2.05) is 24.3 Å². The fourth-order valence-corrected chi connectivity index (χ4v) is 4.60. The fourth-order valence-electron chi connectivity index (χ4n) is 3.71. The van der Waals surface area contributed by atoms with Crippen LogP contribution in [0.5, 0.6) is 0 Å². The number of thioether (sulfide) groups is 1. The molecule has 2 aromatic rings. The SMILES string of the molecule is C/C(=C(/C#N)C(=O)SCC(O)C(O)CO)c1ccc2cc(N3CCCCC3)ccc2c1. The summed E-state index contributed by atoms with van der Waals surface area (Å²) in [4.78, 5) is 14.9. The molecule has 1 fully saturated rings. The summed E-state index contributed by atoms with van der Waals surface area (Å²) >= 11 is 0.759. The molecular formula is C24H28N2O4S. The zero-order valence-corrected chi connectivity index (χ0v) is 18.4. The summed E-state index contributed by atoms with van der Waals surface area (Å²) in [6.45, 7) is 3.31. The van der Waals surface area contributed by atoms with E-state index in [0.29, 0.717) is 5.57 Å². The van der Waals surface area contributed by atoms with E-state index in [1.165, 1.54) is 24.9 Å². The summed E-state index contributed by atoms with van der Waals surface area (Å²) in [6, 6.07) is 14.3. The van der Waals surface area contributed by atoms with Crippen molar-refractivity contribution in [1.29, 1.82) is 5.26 Å². The highest BCUT2D eigenvalue weighted by atomic mass is 32.2. The molecule has 6 nitrogen and oxygen atoms in total. The van der Waals surface area contributed by atoms with Gasteiger partial charge in [-0.2, -0.15) is 5.26 Å². The number of benzene rings is 2. The van der Waals surface area contributed by atoms with Gasteiger partial charge >= 0.3 is 0 Å². The lowest BCUT2D eigenvalue weighted by Gasteiger charge is -2.29. The number of hydrogen-bond acceptors (Lipinski definition) is 7. The van der Waals surface area contributed by atoms with E-state index in [4.69, 9.17) is 5.11 Å². The minimum atomic E-state index is -1.31. The van der Waals surface area contributed by atoms with Crippen LogP contribution in [0.2, 0.25) is 0 Å². The van der Waals surface area contributed by atoms with Crippen molar-refractivity contribution in [1.82, 2.24) is 0 Å². The topological polar surface area (TPSA) is 105 Å². The number of rotatable bonds is 7. The Morgan fingerprint density at radius 3 is 2.45 bits per heavy atom. The molecule has 0 aromatic heterocycles. The molecule has 0 radical (unpaired) electrons. The Bertz CT molecular complexity index is 1010. The Labute approximate surface area is 186 Å². The smallest absolute Gasteiger partial charge is 0.230 e. The second-order valence-corrected chi connectivity index (χ2v) is 8.81. The molecule has 2 atom stereocenters. The van der Waals surface area contributed by atoms with Crippen molar-refractivity contribution in [3.8, 4) is 6.07 Å². The molecule has 0 bridgehead atoms. The second kappa shape index (κ2) is 10.8. The van der Waals surface area contributed by atoms with E-state index >= 15 is 0 Å². The molecule has 0 spiro atoms. The lowest BCUT2D eigenvalue weighted by atomic mass is 9.98. The van der Waals surface area contributed by atoms with Crippen molar-refractivity contribution in [3.05, 3.63) is 47.5 Å². The molecule has 3 N–H and O–H groups in total. The number of hydrogen-bond donors (Lipinski definition) is 3. The molecule has 0 saturated carbocycles. The number of carbonyl (C=O) groups excluding carboxylic acids is 1. The zero-order chi connectivity index (χ0) is 22.4. The molecule has 1 aliphatic rings. The van der Waals surface area contributed by atoms with Crippen LogP contribution < -0.4 is 4.90 Å². The third-order valence-electron chi connectivity index (χ3n) is 5.69. The number of fused-ring (bicyclic) bond motifs is 1. The normalized spacial score (nSPS) is 17.1. The average molecular weight is 441 g/mol.